The predicted octanol–water partition coefficient (Wildman–Crippen LogP) is 10.6. The zero-order valence-electron chi connectivity index (χ0n) is 23.2. The van der Waals surface area contributed by atoms with Gasteiger partial charge in [-0.1, -0.05) is 124 Å². The lowest BCUT2D eigenvalue weighted by atomic mass is 9.48. The van der Waals surface area contributed by atoms with Crippen LogP contribution in [0.1, 0.15) is 149 Å². The van der Waals surface area contributed by atoms with E-state index in [1.54, 1.807) is 0 Å². The first-order chi connectivity index (χ1) is 12.4. The van der Waals surface area contributed by atoms with Crippen LogP contribution in [0.2, 0.25) is 0 Å². The third-order valence-electron chi connectivity index (χ3n) is 9.68. The molecule has 0 nitrogen and oxygen atoms in total. The van der Waals surface area contributed by atoms with E-state index in [4.69, 9.17) is 0 Å². The maximum absolute atomic E-state index is 2.46. The zero-order chi connectivity index (χ0) is 23.2. The largest absolute Gasteiger partial charge is 0.0683 e. The van der Waals surface area contributed by atoms with Crippen LogP contribution in [0.4, 0.5) is 0 Å². The third-order valence-corrected chi connectivity index (χ3v) is 9.68. The van der Waals surface area contributed by atoms with Crippen molar-refractivity contribution in [2.45, 2.75) is 149 Å². The summed E-state index contributed by atoms with van der Waals surface area (Å²) in [6, 6.07) is 0. The molecule has 0 amide bonds. The average molecular weight is 397 g/mol. The van der Waals surface area contributed by atoms with Gasteiger partial charge in [0.1, 0.15) is 0 Å². The van der Waals surface area contributed by atoms with Gasteiger partial charge < -0.3 is 0 Å². The van der Waals surface area contributed by atoms with Gasteiger partial charge in [-0.2, -0.15) is 0 Å². The lowest BCUT2D eigenvalue weighted by Crippen LogP contribution is -2.48. The van der Waals surface area contributed by atoms with Crippen molar-refractivity contribution < 1.29 is 0 Å². The Morgan fingerprint density at radius 3 is 0.643 bits per heavy atom. The minimum Gasteiger partial charge on any atom is -0.0683 e. The minimum absolute atomic E-state index is 0.433. The predicted molar refractivity (Wildman–Crippen MR) is 133 cm³/mol. The quantitative estimate of drug-likeness (QED) is 0.435. The molecule has 2 aliphatic carbocycles. The van der Waals surface area contributed by atoms with Gasteiger partial charge in [0.05, 0.1) is 0 Å². The molecule has 0 aromatic rings. The zero-order valence-corrected chi connectivity index (χ0v) is 23.2. The lowest BCUT2D eigenvalue weighted by molar-refractivity contribution is -0.0738. The van der Waals surface area contributed by atoms with E-state index < -0.39 is 0 Å². The molecule has 0 heteroatoms. The van der Waals surface area contributed by atoms with E-state index in [-0.39, 0.29) is 0 Å². The van der Waals surface area contributed by atoms with Crippen LogP contribution in [0.3, 0.4) is 0 Å². The highest BCUT2D eigenvalue weighted by Crippen LogP contribution is 2.61. The van der Waals surface area contributed by atoms with Gasteiger partial charge in [0.25, 0.3) is 0 Å². The fourth-order valence-corrected chi connectivity index (χ4v) is 4.47. The molecule has 2 rings (SSSR count). The first-order valence-corrected chi connectivity index (χ1v) is 12.4. The molecule has 0 unspecified atom stereocenters. The van der Waals surface area contributed by atoms with Crippen molar-refractivity contribution in [3.05, 3.63) is 0 Å². The van der Waals surface area contributed by atoms with Gasteiger partial charge in [0.2, 0.25) is 0 Å². The maximum atomic E-state index is 2.46. The topological polar surface area (TPSA) is 0 Å². The van der Waals surface area contributed by atoms with Crippen LogP contribution < -0.4 is 0 Å². The molecule has 0 bridgehead atoms. The summed E-state index contributed by atoms with van der Waals surface area (Å²) < 4.78 is 0. The van der Waals surface area contributed by atoms with E-state index in [1.165, 1.54) is 38.5 Å². The second-order valence-corrected chi connectivity index (χ2v) is 12.6. The molecule has 0 spiro atoms. The lowest BCUT2D eigenvalue weighted by Gasteiger charge is -2.57. The van der Waals surface area contributed by atoms with Gasteiger partial charge in [0.15, 0.2) is 0 Å². The van der Waals surface area contributed by atoms with Crippen molar-refractivity contribution in [2.75, 3.05) is 0 Å². The van der Waals surface area contributed by atoms with E-state index in [0.717, 1.165) is 0 Å². The van der Waals surface area contributed by atoms with Crippen LogP contribution in [-0.4, -0.2) is 0 Å². The molecule has 2 saturated carbocycles. The van der Waals surface area contributed by atoms with Crippen LogP contribution >= 0.6 is 0 Å². The highest BCUT2D eigenvalue weighted by atomic mass is 14.6. The molecule has 28 heavy (non-hydrogen) atoms. The van der Waals surface area contributed by atoms with Crippen molar-refractivity contribution >= 4 is 0 Å². The van der Waals surface area contributed by atoms with Crippen molar-refractivity contribution in [1.82, 2.24) is 0 Å². The Morgan fingerprint density at radius 1 is 0.429 bits per heavy atom. The molecule has 2 fully saturated rings. The van der Waals surface area contributed by atoms with Gasteiger partial charge in [-0.25, -0.2) is 0 Å². The monoisotopic (exact) mass is 396 g/mol. The van der Waals surface area contributed by atoms with Crippen molar-refractivity contribution in [2.24, 2.45) is 32.5 Å². The first kappa shape index (κ1) is 30.2. The molecule has 2 aliphatic rings. The average Bonchev–Trinajstić information content (AvgIpc) is 2.52. The molecule has 172 valence electrons. The summed E-state index contributed by atoms with van der Waals surface area (Å²) in [6.07, 6.45) is 8.59. The maximum Gasteiger partial charge on any atom is -0.0252 e. The number of hydrogen-bond donors (Lipinski definition) is 0. The summed E-state index contributed by atoms with van der Waals surface area (Å²) in [5.74, 6) is 0. The molecule has 0 aromatic heterocycles. The van der Waals surface area contributed by atoms with E-state index in [0.29, 0.717) is 32.5 Å². The summed E-state index contributed by atoms with van der Waals surface area (Å²) >= 11 is 0. The SMILES string of the molecule is CC.CC.CC(C)(C)C(C)(C)C1(C)CCC1.CC(C)(C)C(C)(C)C1(C)CCC1. The number of rotatable bonds is 2. The molecular formula is C28H60. The summed E-state index contributed by atoms with van der Waals surface area (Å²) in [6.45, 7) is 36.9. The summed E-state index contributed by atoms with van der Waals surface area (Å²) in [5.41, 5.74) is 3.01. The normalized spacial score (nSPS) is 20.6. The van der Waals surface area contributed by atoms with Crippen molar-refractivity contribution in [1.29, 1.82) is 0 Å². The summed E-state index contributed by atoms with van der Waals surface area (Å²) in [4.78, 5) is 0. The standard InChI is InChI=1S/2C12H24.2C2H6/c2*1-10(2,3)11(4,5)12(6)8-7-9-12;2*1-2/h2*7-9H2,1-6H3;2*1-2H3. The first-order valence-electron chi connectivity index (χ1n) is 12.4. The Labute approximate surface area is 182 Å². The van der Waals surface area contributed by atoms with Crippen LogP contribution in [0, 0.1) is 32.5 Å². The fourth-order valence-electron chi connectivity index (χ4n) is 4.47. The molecule has 0 N–H and O–H groups in total. The van der Waals surface area contributed by atoms with E-state index in [1.807, 2.05) is 27.7 Å². The third kappa shape index (κ3) is 6.01. The molecule has 0 saturated heterocycles. The minimum atomic E-state index is 0.433. The molecule has 0 radical (unpaired) electrons. The number of hydrogen-bond acceptors (Lipinski definition) is 0. The van der Waals surface area contributed by atoms with E-state index in [2.05, 4.69) is 83.1 Å². The highest BCUT2D eigenvalue weighted by Gasteiger charge is 2.51. The van der Waals surface area contributed by atoms with Crippen LogP contribution in [0.25, 0.3) is 0 Å². The Morgan fingerprint density at radius 2 is 0.607 bits per heavy atom. The van der Waals surface area contributed by atoms with E-state index in [9.17, 15) is 0 Å². The van der Waals surface area contributed by atoms with Crippen molar-refractivity contribution in [3.63, 3.8) is 0 Å². The van der Waals surface area contributed by atoms with E-state index >= 15 is 0 Å². The van der Waals surface area contributed by atoms with Gasteiger partial charge >= 0.3 is 0 Å². The Bertz CT molecular complexity index is 372. The fraction of sp³-hybridized carbons (Fsp3) is 1.00. The summed E-state index contributed by atoms with van der Waals surface area (Å²) in [5, 5.41) is 0. The Kier molecular flexibility index (Phi) is 11.2. The van der Waals surface area contributed by atoms with Crippen LogP contribution in [-0.2, 0) is 0 Å². The smallest absolute Gasteiger partial charge is 0.0252 e. The summed E-state index contributed by atoms with van der Waals surface area (Å²) in [7, 11) is 0. The van der Waals surface area contributed by atoms with Gasteiger partial charge in [-0.05, 0) is 58.2 Å². The van der Waals surface area contributed by atoms with Gasteiger partial charge in [-0.15, -0.1) is 0 Å². The molecule has 0 heterocycles. The molecular weight excluding hydrogens is 336 g/mol. The second kappa shape index (κ2) is 10.3. The van der Waals surface area contributed by atoms with Gasteiger partial charge in [-0.3, -0.25) is 0 Å². The molecule has 0 aliphatic heterocycles. The Balaban J connectivity index is 0. The Hall–Kier alpha value is 0. The molecule has 0 atom stereocenters. The van der Waals surface area contributed by atoms with Crippen molar-refractivity contribution in [3.8, 4) is 0 Å². The molecule has 0 aromatic carbocycles. The second-order valence-electron chi connectivity index (χ2n) is 12.6. The van der Waals surface area contributed by atoms with Crippen LogP contribution in [0.15, 0.2) is 0 Å². The van der Waals surface area contributed by atoms with Crippen LogP contribution in [0.5, 0.6) is 0 Å². The highest BCUT2D eigenvalue weighted by molar-refractivity contribution is 5.01. The van der Waals surface area contributed by atoms with Gasteiger partial charge in [0, 0.05) is 0 Å².